The van der Waals surface area contributed by atoms with Crippen LogP contribution in [0.15, 0.2) is 47.6 Å². The van der Waals surface area contributed by atoms with Gasteiger partial charge in [-0.15, -0.1) is 0 Å². The van der Waals surface area contributed by atoms with E-state index in [1.54, 1.807) is 26.3 Å². The van der Waals surface area contributed by atoms with Gasteiger partial charge in [0, 0.05) is 31.4 Å². The van der Waals surface area contributed by atoms with Crippen molar-refractivity contribution in [3.8, 4) is 11.8 Å². The van der Waals surface area contributed by atoms with E-state index in [1.165, 1.54) is 0 Å². The molecule has 1 fully saturated rings. The number of nitrogens with zero attached hydrogens (tertiary/aromatic N) is 4. The number of pyridine rings is 1. The van der Waals surface area contributed by atoms with E-state index in [0.717, 1.165) is 48.3 Å². The van der Waals surface area contributed by atoms with Crippen LogP contribution in [0.1, 0.15) is 50.7 Å². The number of rotatable bonds is 6. The smallest absolute Gasteiger partial charge is 0.224 e. The first-order valence-electron chi connectivity index (χ1n) is 11.3. The van der Waals surface area contributed by atoms with Gasteiger partial charge in [0.05, 0.1) is 24.4 Å². The lowest BCUT2D eigenvalue weighted by Gasteiger charge is -2.37. The standard InChI is InChI=1S/C26H29N5O2/c1-17-12-21(16-28-17)20-5-10-24(25(13-20)33-3)31(18(2)32)23-8-6-22(7-9-23)30-26-11-4-19(14-27)15-29-26/h4-5,10-13,15-17,22-23H,6-9H2,1-3H3,(H,29,30). The highest BCUT2D eigenvalue weighted by molar-refractivity contribution is 6.12. The zero-order valence-electron chi connectivity index (χ0n) is 19.3. The number of aliphatic imine (C=N–C) groups is 1. The number of ether oxygens (including phenoxy) is 1. The number of allylic oxidation sites excluding steroid dienone is 1. The second kappa shape index (κ2) is 9.86. The molecule has 1 amide bonds. The topological polar surface area (TPSA) is 90.6 Å². The SMILES string of the molecule is COc1cc(C2=CC(C)N=C2)ccc1N(C(C)=O)C1CCC(Nc2ccc(C#N)cn2)CC1. The third-order valence-electron chi connectivity index (χ3n) is 6.29. The molecule has 4 rings (SSSR count). The number of carbonyl (C=O) groups is 1. The van der Waals surface area contributed by atoms with Crippen LogP contribution in [0.5, 0.6) is 5.75 Å². The molecule has 1 aliphatic carbocycles. The van der Waals surface area contributed by atoms with E-state index in [2.05, 4.69) is 34.4 Å². The van der Waals surface area contributed by atoms with Gasteiger partial charge in [0.2, 0.25) is 5.91 Å². The summed E-state index contributed by atoms with van der Waals surface area (Å²) in [6.45, 7) is 3.67. The van der Waals surface area contributed by atoms with Crippen LogP contribution >= 0.6 is 0 Å². The minimum Gasteiger partial charge on any atom is -0.495 e. The molecule has 2 heterocycles. The van der Waals surface area contributed by atoms with E-state index in [4.69, 9.17) is 10.00 Å². The molecule has 1 N–H and O–H groups in total. The first kappa shape index (κ1) is 22.5. The second-order valence-corrected chi connectivity index (χ2v) is 8.61. The third-order valence-corrected chi connectivity index (χ3v) is 6.29. The molecule has 1 aromatic heterocycles. The van der Waals surface area contributed by atoms with Crippen molar-refractivity contribution in [3.63, 3.8) is 0 Å². The minimum atomic E-state index is 0.0153. The number of carbonyl (C=O) groups excluding carboxylic acids is 1. The average Bonchev–Trinajstić information content (AvgIpc) is 3.27. The average molecular weight is 444 g/mol. The molecule has 0 bridgehead atoms. The molecule has 33 heavy (non-hydrogen) atoms. The molecular formula is C26H29N5O2. The number of amides is 1. The van der Waals surface area contributed by atoms with Crippen molar-refractivity contribution in [1.29, 1.82) is 5.26 Å². The highest BCUT2D eigenvalue weighted by Crippen LogP contribution is 2.36. The number of methoxy groups -OCH3 is 1. The molecule has 1 unspecified atom stereocenters. The summed E-state index contributed by atoms with van der Waals surface area (Å²) in [6.07, 6.45) is 9.21. The second-order valence-electron chi connectivity index (χ2n) is 8.61. The van der Waals surface area contributed by atoms with Crippen LogP contribution in [0.25, 0.3) is 5.57 Å². The maximum Gasteiger partial charge on any atom is 0.224 e. The summed E-state index contributed by atoms with van der Waals surface area (Å²) in [5.74, 6) is 1.48. The van der Waals surface area contributed by atoms with Crippen LogP contribution in [-0.4, -0.2) is 42.3 Å². The fourth-order valence-corrected chi connectivity index (χ4v) is 4.63. The van der Waals surface area contributed by atoms with E-state index in [0.29, 0.717) is 11.3 Å². The van der Waals surface area contributed by atoms with Crippen LogP contribution in [0.4, 0.5) is 11.5 Å². The highest BCUT2D eigenvalue weighted by Gasteiger charge is 2.30. The summed E-state index contributed by atoms with van der Waals surface area (Å²) >= 11 is 0. The van der Waals surface area contributed by atoms with Crippen molar-refractivity contribution in [2.24, 2.45) is 4.99 Å². The van der Waals surface area contributed by atoms with Crippen LogP contribution < -0.4 is 15.0 Å². The maximum absolute atomic E-state index is 12.7. The molecule has 0 radical (unpaired) electrons. The Labute approximate surface area is 194 Å². The fraction of sp³-hybridized carbons (Fsp3) is 0.385. The fourth-order valence-electron chi connectivity index (χ4n) is 4.63. The summed E-state index contributed by atoms with van der Waals surface area (Å²) < 4.78 is 5.70. The van der Waals surface area contributed by atoms with Crippen LogP contribution in [0.3, 0.4) is 0 Å². The van der Waals surface area contributed by atoms with E-state index >= 15 is 0 Å². The van der Waals surface area contributed by atoms with Crippen LogP contribution in [-0.2, 0) is 4.79 Å². The molecule has 1 saturated carbocycles. The van der Waals surface area contributed by atoms with Gasteiger partial charge in [-0.1, -0.05) is 12.1 Å². The number of aromatic nitrogens is 1. The van der Waals surface area contributed by atoms with Crippen molar-refractivity contribution < 1.29 is 9.53 Å². The normalized spacial score (nSPS) is 21.8. The maximum atomic E-state index is 12.7. The van der Waals surface area contributed by atoms with Crippen LogP contribution in [0, 0.1) is 11.3 Å². The first-order valence-corrected chi connectivity index (χ1v) is 11.3. The van der Waals surface area contributed by atoms with Gasteiger partial charge in [-0.05, 0) is 68.0 Å². The molecule has 7 nitrogen and oxygen atoms in total. The van der Waals surface area contributed by atoms with Gasteiger partial charge in [0.1, 0.15) is 17.6 Å². The number of hydrogen-bond acceptors (Lipinski definition) is 6. The Kier molecular flexibility index (Phi) is 6.74. The van der Waals surface area contributed by atoms with E-state index in [1.807, 2.05) is 35.4 Å². The lowest BCUT2D eigenvalue weighted by molar-refractivity contribution is -0.117. The molecular weight excluding hydrogens is 414 g/mol. The summed E-state index contributed by atoms with van der Waals surface area (Å²) in [4.78, 5) is 23.3. The number of nitriles is 1. The van der Waals surface area contributed by atoms with Gasteiger partial charge < -0.3 is 15.0 Å². The predicted octanol–water partition coefficient (Wildman–Crippen LogP) is 4.59. The Bertz CT molecular complexity index is 1110. The Hall–Kier alpha value is -3.66. The zero-order chi connectivity index (χ0) is 23.4. The first-order chi connectivity index (χ1) is 16.0. The summed E-state index contributed by atoms with van der Waals surface area (Å²) in [5, 5.41) is 12.4. The Morgan fingerprint density at radius 3 is 2.58 bits per heavy atom. The van der Waals surface area contributed by atoms with E-state index in [9.17, 15) is 4.79 Å². The molecule has 0 saturated heterocycles. The van der Waals surface area contributed by atoms with Gasteiger partial charge in [-0.3, -0.25) is 9.79 Å². The highest BCUT2D eigenvalue weighted by atomic mass is 16.5. The third kappa shape index (κ3) is 5.06. The molecule has 0 spiro atoms. The van der Waals surface area contributed by atoms with Gasteiger partial charge in [0.25, 0.3) is 0 Å². The van der Waals surface area contributed by atoms with Crippen LogP contribution in [0.2, 0.25) is 0 Å². The molecule has 1 atom stereocenters. The minimum absolute atomic E-state index is 0.0153. The number of nitrogens with one attached hydrogen (secondary N) is 1. The molecule has 1 aromatic carbocycles. The lowest BCUT2D eigenvalue weighted by Crippen LogP contribution is -2.43. The molecule has 2 aromatic rings. The van der Waals surface area contributed by atoms with Crippen molar-refractivity contribution in [1.82, 2.24) is 4.98 Å². The number of benzene rings is 1. The van der Waals surface area contributed by atoms with Crippen molar-refractivity contribution >= 4 is 29.2 Å². The van der Waals surface area contributed by atoms with E-state index in [-0.39, 0.29) is 24.0 Å². The quantitative estimate of drug-likeness (QED) is 0.705. The van der Waals surface area contributed by atoms with Gasteiger partial charge in [-0.25, -0.2) is 4.98 Å². The molecule has 2 aliphatic rings. The van der Waals surface area contributed by atoms with Gasteiger partial charge >= 0.3 is 0 Å². The molecule has 7 heteroatoms. The Morgan fingerprint density at radius 2 is 2.00 bits per heavy atom. The number of anilines is 2. The van der Waals surface area contributed by atoms with Crippen molar-refractivity contribution in [3.05, 3.63) is 53.7 Å². The summed E-state index contributed by atoms with van der Waals surface area (Å²) in [5.41, 5.74) is 3.47. The summed E-state index contributed by atoms with van der Waals surface area (Å²) in [7, 11) is 1.64. The number of hydrogen-bond donors (Lipinski definition) is 1. The predicted molar refractivity (Wildman–Crippen MR) is 131 cm³/mol. The zero-order valence-corrected chi connectivity index (χ0v) is 19.3. The van der Waals surface area contributed by atoms with Crippen molar-refractivity contribution in [2.45, 2.75) is 57.7 Å². The lowest BCUT2D eigenvalue weighted by atomic mass is 9.89. The van der Waals surface area contributed by atoms with Crippen molar-refractivity contribution in [2.75, 3.05) is 17.3 Å². The Morgan fingerprint density at radius 1 is 1.21 bits per heavy atom. The van der Waals surface area contributed by atoms with Gasteiger partial charge in [-0.2, -0.15) is 5.26 Å². The molecule has 170 valence electrons. The molecule has 1 aliphatic heterocycles. The summed E-state index contributed by atoms with van der Waals surface area (Å²) in [6, 6.07) is 12.3. The monoisotopic (exact) mass is 443 g/mol. The van der Waals surface area contributed by atoms with E-state index < -0.39 is 0 Å². The van der Waals surface area contributed by atoms with Gasteiger partial charge in [0.15, 0.2) is 0 Å². The largest absolute Gasteiger partial charge is 0.495 e. The Balaban J connectivity index is 1.47.